The SMILES string of the molecule is O=C(O)C(F)(Cc1ccc(O)cc1)C(F)(F)F. The maximum absolute atomic E-state index is 13.4. The van der Waals surface area contributed by atoms with Gasteiger partial charge in [0.15, 0.2) is 0 Å². The highest BCUT2D eigenvalue weighted by molar-refractivity contribution is 5.79. The van der Waals surface area contributed by atoms with Gasteiger partial charge in [-0.05, 0) is 17.7 Å². The van der Waals surface area contributed by atoms with E-state index in [0.717, 1.165) is 24.3 Å². The maximum atomic E-state index is 13.4. The summed E-state index contributed by atoms with van der Waals surface area (Å²) in [5.74, 6) is -2.79. The van der Waals surface area contributed by atoms with Gasteiger partial charge in [-0.2, -0.15) is 13.2 Å². The molecule has 0 aliphatic carbocycles. The third kappa shape index (κ3) is 2.66. The molecule has 7 heteroatoms. The summed E-state index contributed by atoms with van der Waals surface area (Å²) in [6.45, 7) is 0. The van der Waals surface area contributed by atoms with Crippen LogP contribution in [0, 0.1) is 0 Å². The molecule has 17 heavy (non-hydrogen) atoms. The van der Waals surface area contributed by atoms with Crippen molar-refractivity contribution in [2.75, 3.05) is 0 Å². The van der Waals surface area contributed by atoms with Crippen LogP contribution in [-0.2, 0) is 11.2 Å². The predicted molar refractivity (Wildman–Crippen MR) is 49.3 cm³/mol. The summed E-state index contributed by atoms with van der Waals surface area (Å²) >= 11 is 0. The molecule has 0 bridgehead atoms. The third-order valence-electron chi connectivity index (χ3n) is 2.17. The molecule has 0 aliphatic heterocycles. The number of carbonyl (C=O) groups is 1. The summed E-state index contributed by atoms with van der Waals surface area (Å²) in [5, 5.41) is 17.2. The van der Waals surface area contributed by atoms with Crippen LogP contribution in [-0.4, -0.2) is 28.0 Å². The van der Waals surface area contributed by atoms with Crippen molar-refractivity contribution < 1.29 is 32.6 Å². The fourth-order valence-electron chi connectivity index (χ4n) is 1.19. The number of phenols is 1. The number of hydrogen-bond donors (Lipinski definition) is 2. The van der Waals surface area contributed by atoms with E-state index in [1.165, 1.54) is 0 Å². The van der Waals surface area contributed by atoms with Crippen molar-refractivity contribution in [3.63, 3.8) is 0 Å². The molecule has 0 aliphatic rings. The first kappa shape index (κ1) is 13.3. The van der Waals surface area contributed by atoms with E-state index in [2.05, 4.69) is 0 Å². The minimum absolute atomic E-state index is 0.176. The smallest absolute Gasteiger partial charge is 0.433 e. The summed E-state index contributed by atoms with van der Waals surface area (Å²) < 4.78 is 50.4. The molecule has 1 atom stereocenters. The average Bonchev–Trinajstić information content (AvgIpc) is 2.19. The van der Waals surface area contributed by atoms with Crippen LogP contribution in [0.2, 0.25) is 0 Å². The molecule has 0 heterocycles. The van der Waals surface area contributed by atoms with Crippen LogP contribution in [0.3, 0.4) is 0 Å². The number of benzene rings is 1. The van der Waals surface area contributed by atoms with Gasteiger partial charge in [-0.1, -0.05) is 12.1 Å². The second kappa shape index (κ2) is 4.23. The zero-order chi connectivity index (χ0) is 13.3. The quantitative estimate of drug-likeness (QED) is 0.811. The molecular weight excluding hydrogens is 244 g/mol. The predicted octanol–water partition coefficient (Wildman–Crippen LogP) is 2.29. The fourth-order valence-corrected chi connectivity index (χ4v) is 1.19. The van der Waals surface area contributed by atoms with Crippen molar-refractivity contribution in [2.24, 2.45) is 0 Å². The third-order valence-corrected chi connectivity index (χ3v) is 2.17. The fraction of sp³-hybridized carbons (Fsp3) is 0.300. The van der Waals surface area contributed by atoms with Crippen LogP contribution in [0.1, 0.15) is 5.56 Å². The van der Waals surface area contributed by atoms with E-state index in [1.54, 1.807) is 0 Å². The lowest BCUT2D eigenvalue weighted by molar-refractivity contribution is -0.235. The number of aromatic hydroxyl groups is 1. The highest BCUT2D eigenvalue weighted by atomic mass is 19.4. The lowest BCUT2D eigenvalue weighted by Crippen LogP contribution is -2.49. The van der Waals surface area contributed by atoms with Gasteiger partial charge in [-0.3, -0.25) is 0 Å². The standard InChI is InChI=1S/C10H8F4O3/c11-9(8(16)17,10(12,13)14)5-6-1-3-7(15)4-2-6/h1-4,15H,5H2,(H,16,17). The van der Waals surface area contributed by atoms with Crippen molar-refractivity contribution in [2.45, 2.75) is 18.3 Å². The lowest BCUT2D eigenvalue weighted by atomic mass is 9.95. The van der Waals surface area contributed by atoms with Gasteiger partial charge in [0, 0.05) is 6.42 Å². The minimum atomic E-state index is -5.50. The second-order valence-corrected chi connectivity index (χ2v) is 3.45. The Morgan fingerprint density at radius 2 is 1.59 bits per heavy atom. The van der Waals surface area contributed by atoms with Crippen molar-refractivity contribution in [1.29, 1.82) is 0 Å². The average molecular weight is 252 g/mol. The van der Waals surface area contributed by atoms with E-state index in [-0.39, 0.29) is 11.3 Å². The van der Waals surface area contributed by atoms with Gasteiger partial charge in [0.25, 0.3) is 0 Å². The Morgan fingerprint density at radius 1 is 1.12 bits per heavy atom. The minimum Gasteiger partial charge on any atom is -0.508 e. The number of carboxylic acid groups (broad SMARTS) is 1. The first-order chi connectivity index (χ1) is 7.67. The molecule has 1 unspecified atom stereocenters. The van der Waals surface area contributed by atoms with E-state index in [1.807, 2.05) is 0 Å². The maximum Gasteiger partial charge on any atom is 0.433 e. The second-order valence-electron chi connectivity index (χ2n) is 3.45. The number of rotatable bonds is 3. The van der Waals surface area contributed by atoms with E-state index < -0.39 is 24.2 Å². The topological polar surface area (TPSA) is 57.5 Å². The Bertz CT molecular complexity index is 413. The van der Waals surface area contributed by atoms with Gasteiger partial charge in [-0.25, -0.2) is 9.18 Å². The van der Waals surface area contributed by atoms with Gasteiger partial charge in [0.2, 0.25) is 0 Å². The molecule has 0 spiro atoms. The van der Waals surface area contributed by atoms with Crippen LogP contribution >= 0.6 is 0 Å². The number of hydrogen-bond acceptors (Lipinski definition) is 2. The molecule has 1 rings (SSSR count). The molecule has 94 valence electrons. The summed E-state index contributed by atoms with van der Waals surface area (Å²) in [7, 11) is 0. The molecule has 0 amide bonds. The molecule has 0 radical (unpaired) electrons. The number of carboxylic acids is 1. The Kier molecular flexibility index (Phi) is 3.30. The summed E-state index contributed by atoms with van der Waals surface area (Å²) in [6, 6.07) is 4.15. The summed E-state index contributed by atoms with van der Waals surface area (Å²) in [5.41, 5.74) is -4.51. The molecule has 0 fully saturated rings. The molecule has 2 N–H and O–H groups in total. The molecule has 1 aromatic carbocycles. The molecule has 0 saturated carbocycles. The van der Waals surface area contributed by atoms with Gasteiger partial charge >= 0.3 is 17.8 Å². The van der Waals surface area contributed by atoms with Crippen LogP contribution in [0.5, 0.6) is 5.75 Å². The van der Waals surface area contributed by atoms with E-state index >= 15 is 0 Å². The monoisotopic (exact) mass is 252 g/mol. The van der Waals surface area contributed by atoms with E-state index in [0.29, 0.717) is 0 Å². The number of aliphatic carboxylic acids is 1. The molecule has 0 saturated heterocycles. The highest BCUT2D eigenvalue weighted by Gasteiger charge is 2.62. The zero-order valence-electron chi connectivity index (χ0n) is 8.33. The summed E-state index contributed by atoms with van der Waals surface area (Å²) in [6.07, 6.45) is -6.84. The Balaban J connectivity index is 3.04. The normalized spacial score (nSPS) is 15.3. The van der Waals surface area contributed by atoms with Gasteiger partial charge in [-0.15, -0.1) is 0 Å². The molecule has 1 aromatic rings. The zero-order valence-corrected chi connectivity index (χ0v) is 8.33. The van der Waals surface area contributed by atoms with Crippen LogP contribution < -0.4 is 0 Å². The largest absolute Gasteiger partial charge is 0.508 e. The molecule has 3 nitrogen and oxygen atoms in total. The van der Waals surface area contributed by atoms with Crippen molar-refractivity contribution in [1.82, 2.24) is 0 Å². The van der Waals surface area contributed by atoms with E-state index in [4.69, 9.17) is 10.2 Å². The van der Waals surface area contributed by atoms with Crippen LogP contribution in [0.4, 0.5) is 17.6 Å². The first-order valence-corrected chi connectivity index (χ1v) is 4.44. The Morgan fingerprint density at radius 3 is 1.94 bits per heavy atom. The van der Waals surface area contributed by atoms with E-state index in [9.17, 15) is 22.4 Å². The van der Waals surface area contributed by atoms with Gasteiger partial charge < -0.3 is 10.2 Å². The number of halogens is 4. The Labute approximate surface area is 93.3 Å². The van der Waals surface area contributed by atoms with Crippen LogP contribution in [0.15, 0.2) is 24.3 Å². The Hall–Kier alpha value is -1.79. The van der Waals surface area contributed by atoms with Crippen molar-refractivity contribution in [3.8, 4) is 5.75 Å². The summed E-state index contributed by atoms with van der Waals surface area (Å²) in [4.78, 5) is 10.4. The van der Waals surface area contributed by atoms with Crippen molar-refractivity contribution in [3.05, 3.63) is 29.8 Å². The van der Waals surface area contributed by atoms with Gasteiger partial charge in [0.1, 0.15) is 5.75 Å². The van der Waals surface area contributed by atoms with Crippen molar-refractivity contribution >= 4 is 5.97 Å². The first-order valence-electron chi connectivity index (χ1n) is 4.44. The molecule has 0 aromatic heterocycles. The molecular formula is C10H8F4O3. The lowest BCUT2D eigenvalue weighted by Gasteiger charge is -2.23. The highest BCUT2D eigenvalue weighted by Crippen LogP contribution is 2.37. The van der Waals surface area contributed by atoms with Crippen LogP contribution in [0.25, 0.3) is 0 Å². The number of alkyl halides is 4. The van der Waals surface area contributed by atoms with Gasteiger partial charge in [0.05, 0.1) is 0 Å². The number of phenolic OH excluding ortho intramolecular Hbond substituents is 1.